The summed E-state index contributed by atoms with van der Waals surface area (Å²) in [5.41, 5.74) is 1.22. The van der Waals surface area contributed by atoms with Crippen LogP contribution in [0.4, 0.5) is 9.18 Å². The average molecular weight is 682 g/mol. The van der Waals surface area contributed by atoms with E-state index in [-0.39, 0.29) is 47.4 Å². The van der Waals surface area contributed by atoms with Gasteiger partial charge in [0.2, 0.25) is 5.91 Å². The third kappa shape index (κ3) is 8.66. The van der Waals surface area contributed by atoms with Crippen molar-refractivity contribution in [3.63, 3.8) is 0 Å². The molecule has 2 N–H and O–H groups in total. The molecule has 1 aliphatic heterocycles. The van der Waals surface area contributed by atoms with Gasteiger partial charge in [-0.15, -0.1) is 0 Å². The molecule has 49 heavy (non-hydrogen) atoms. The summed E-state index contributed by atoms with van der Waals surface area (Å²) in [6.45, 7) is 8.40. The average Bonchev–Trinajstić information content (AvgIpc) is 3.55. The first-order chi connectivity index (χ1) is 23.5. The van der Waals surface area contributed by atoms with Crippen molar-refractivity contribution in [1.82, 2.24) is 35.6 Å². The van der Waals surface area contributed by atoms with Crippen molar-refractivity contribution in [2.24, 2.45) is 11.8 Å². The number of carbonyl (C=O) groups excluding carboxylic acids is 4. The molecule has 5 rings (SSSR count). The van der Waals surface area contributed by atoms with Crippen LogP contribution in [0.5, 0.6) is 0 Å². The number of hydrogen-bond donors (Lipinski definition) is 2. The second-order valence-electron chi connectivity index (χ2n) is 14.4. The Hall–Kier alpha value is -3.87. The number of amides is 4. The molecule has 0 bridgehead atoms. The van der Waals surface area contributed by atoms with Gasteiger partial charge in [-0.2, -0.15) is 0 Å². The molecule has 12 nitrogen and oxygen atoms in total. The van der Waals surface area contributed by atoms with E-state index in [1.807, 2.05) is 20.9 Å². The topological polar surface area (TPSA) is 141 Å². The molecule has 0 radical (unpaired) electrons. The molecule has 2 aliphatic carbocycles. The van der Waals surface area contributed by atoms with Crippen molar-refractivity contribution >= 4 is 23.6 Å². The first-order valence-corrected chi connectivity index (χ1v) is 17.9. The number of piperazine rings is 1. The van der Waals surface area contributed by atoms with Crippen molar-refractivity contribution < 1.29 is 28.2 Å². The lowest BCUT2D eigenvalue weighted by Crippen LogP contribution is -2.58. The molecule has 1 aromatic carbocycles. The van der Waals surface area contributed by atoms with Crippen molar-refractivity contribution in [2.75, 3.05) is 40.3 Å². The van der Waals surface area contributed by atoms with E-state index in [0.29, 0.717) is 36.7 Å². The Kier molecular flexibility index (Phi) is 12.1. The maximum absolute atomic E-state index is 15.9. The van der Waals surface area contributed by atoms with Crippen LogP contribution in [0.1, 0.15) is 98.9 Å². The molecule has 1 aromatic heterocycles. The van der Waals surface area contributed by atoms with Gasteiger partial charge in [-0.25, -0.2) is 13.8 Å². The molecule has 2 heterocycles. The number of nitrogens with one attached hydrogen (secondary N) is 2. The summed E-state index contributed by atoms with van der Waals surface area (Å²) in [6, 6.07) is 2.80. The molecule has 1 saturated heterocycles. The van der Waals surface area contributed by atoms with Crippen LogP contribution < -0.4 is 10.6 Å². The highest BCUT2D eigenvalue weighted by atomic mass is 19.1. The predicted molar refractivity (Wildman–Crippen MR) is 181 cm³/mol. The number of likely N-dealkylation sites (N-methyl/N-ethyl adjacent to an activating group) is 1. The molecular formula is C36H52FN7O5. The second-order valence-corrected chi connectivity index (χ2v) is 14.4. The number of aryl methyl sites for hydroxylation is 1. The van der Waals surface area contributed by atoms with E-state index < -0.39 is 29.7 Å². The quantitative estimate of drug-likeness (QED) is 0.343. The molecule has 2 saturated carbocycles. The van der Waals surface area contributed by atoms with Gasteiger partial charge in [0, 0.05) is 51.6 Å². The fraction of sp³-hybridized carbons (Fsp3) is 0.667. The molecule has 4 amide bonds. The third-order valence-corrected chi connectivity index (χ3v) is 11.0. The lowest BCUT2D eigenvalue weighted by Gasteiger charge is -2.39. The van der Waals surface area contributed by atoms with E-state index in [0.717, 1.165) is 58.0 Å². The van der Waals surface area contributed by atoms with Crippen molar-refractivity contribution in [3.8, 4) is 0 Å². The molecule has 3 atom stereocenters. The van der Waals surface area contributed by atoms with E-state index in [2.05, 4.69) is 32.8 Å². The van der Waals surface area contributed by atoms with Gasteiger partial charge in [-0.3, -0.25) is 14.4 Å². The number of benzene rings is 1. The Balaban J connectivity index is 1.33. The minimum atomic E-state index is -0.891. The minimum absolute atomic E-state index is 0.0562. The lowest BCUT2D eigenvalue weighted by molar-refractivity contribution is -0.135. The van der Waals surface area contributed by atoms with Crippen molar-refractivity contribution in [3.05, 3.63) is 46.5 Å². The normalized spacial score (nSPS) is 22.0. The molecule has 268 valence electrons. The van der Waals surface area contributed by atoms with Crippen LogP contribution in [0.2, 0.25) is 0 Å². The Morgan fingerprint density at radius 3 is 2.33 bits per heavy atom. The number of carbonyl (C=O) groups is 4. The van der Waals surface area contributed by atoms with Crippen LogP contribution in [0, 0.1) is 17.7 Å². The van der Waals surface area contributed by atoms with Crippen LogP contribution in [-0.2, 0) is 22.4 Å². The number of halogens is 1. The standard InChI is InChI=1S/C36H52FN7O5/c1-6-29-33(41-49-40-29)34(46)38-32(24-12-10-22(2)11-13-24)30(45)21-26-15-14-25(20-28(26)37)23(3)31(35(47)44-18-16-42(4)17-19-44)39-36(48)43(5)27-8-7-9-27/h14-15,20,22-24,27,31-32H,6-13,16-19,21H2,1-5H3,(H,38,46)(H,39,48)/t22?,23-,24?,31+,32-/m0/s1. The van der Waals surface area contributed by atoms with E-state index >= 15 is 4.39 Å². The molecule has 0 spiro atoms. The number of aromatic nitrogens is 2. The Morgan fingerprint density at radius 1 is 1.02 bits per heavy atom. The van der Waals surface area contributed by atoms with E-state index in [4.69, 9.17) is 4.63 Å². The smallest absolute Gasteiger partial charge is 0.318 e. The van der Waals surface area contributed by atoms with Crippen LogP contribution in [0.15, 0.2) is 22.8 Å². The predicted octanol–water partition coefficient (Wildman–Crippen LogP) is 3.95. The van der Waals surface area contributed by atoms with Crippen molar-refractivity contribution in [2.45, 2.75) is 103 Å². The van der Waals surface area contributed by atoms with Crippen LogP contribution in [0.3, 0.4) is 0 Å². The van der Waals surface area contributed by atoms with E-state index in [1.54, 1.807) is 29.0 Å². The first kappa shape index (κ1) is 36.4. The summed E-state index contributed by atoms with van der Waals surface area (Å²) >= 11 is 0. The Labute approximate surface area is 288 Å². The highest BCUT2D eigenvalue weighted by Crippen LogP contribution is 2.32. The van der Waals surface area contributed by atoms with Crippen molar-refractivity contribution in [1.29, 1.82) is 0 Å². The monoisotopic (exact) mass is 681 g/mol. The van der Waals surface area contributed by atoms with E-state index in [1.165, 1.54) is 6.07 Å². The maximum atomic E-state index is 15.9. The zero-order chi connectivity index (χ0) is 35.2. The Bertz CT molecular complexity index is 1480. The molecule has 3 fully saturated rings. The van der Waals surface area contributed by atoms with Gasteiger partial charge in [0.05, 0.1) is 6.04 Å². The van der Waals surface area contributed by atoms with Crippen LogP contribution in [-0.4, -0.2) is 107 Å². The zero-order valence-corrected chi connectivity index (χ0v) is 29.5. The molecule has 2 aromatic rings. The molecule has 3 aliphatic rings. The lowest BCUT2D eigenvalue weighted by atomic mass is 9.77. The number of hydrogen-bond acceptors (Lipinski definition) is 8. The number of Topliss-reactive ketones (excluding diaryl/α,β-unsaturated/α-hetero) is 1. The maximum Gasteiger partial charge on any atom is 0.318 e. The summed E-state index contributed by atoms with van der Waals surface area (Å²) in [6.07, 6.45) is 6.62. The summed E-state index contributed by atoms with van der Waals surface area (Å²) in [4.78, 5) is 59.8. The number of urea groups is 1. The first-order valence-electron chi connectivity index (χ1n) is 17.9. The fourth-order valence-corrected chi connectivity index (χ4v) is 7.18. The molecule has 0 unspecified atom stereocenters. The van der Waals surface area contributed by atoms with Crippen LogP contribution in [0.25, 0.3) is 0 Å². The van der Waals surface area contributed by atoms with Gasteiger partial charge in [0.15, 0.2) is 11.5 Å². The van der Waals surface area contributed by atoms with E-state index in [9.17, 15) is 19.2 Å². The Morgan fingerprint density at radius 2 is 1.71 bits per heavy atom. The summed E-state index contributed by atoms with van der Waals surface area (Å²) in [5.74, 6) is -1.65. The fourth-order valence-electron chi connectivity index (χ4n) is 7.18. The molecule has 13 heteroatoms. The zero-order valence-electron chi connectivity index (χ0n) is 29.5. The summed E-state index contributed by atoms with van der Waals surface area (Å²) < 4.78 is 20.6. The van der Waals surface area contributed by atoms with Gasteiger partial charge in [0.25, 0.3) is 5.91 Å². The van der Waals surface area contributed by atoms with Gasteiger partial charge < -0.3 is 25.3 Å². The van der Waals surface area contributed by atoms with Gasteiger partial charge >= 0.3 is 6.03 Å². The number of ketones is 1. The largest absolute Gasteiger partial charge is 0.340 e. The van der Waals surface area contributed by atoms with Crippen LogP contribution >= 0.6 is 0 Å². The second kappa shape index (κ2) is 16.2. The highest BCUT2D eigenvalue weighted by Gasteiger charge is 2.37. The third-order valence-electron chi connectivity index (χ3n) is 11.0. The molecular weight excluding hydrogens is 629 g/mol. The van der Waals surface area contributed by atoms with Gasteiger partial charge in [0.1, 0.15) is 17.6 Å². The SMILES string of the molecule is CCc1nonc1C(=O)N[C@H](C(=O)Cc1ccc([C@H](C)[C@@H](NC(=O)N(C)C2CCC2)C(=O)N2CCN(C)CC2)cc1F)C1CCC(C)CC1. The minimum Gasteiger partial charge on any atom is -0.340 e. The number of rotatable bonds is 12. The summed E-state index contributed by atoms with van der Waals surface area (Å²) in [5, 5.41) is 13.4. The van der Waals surface area contributed by atoms with Gasteiger partial charge in [-0.1, -0.05) is 50.9 Å². The summed E-state index contributed by atoms with van der Waals surface area (Å²) in [7, 11) is 3.76. The van der Waals surface area contributed by atoms with Gasteiger partial charge in [-0.05, 0) is 79.8 Å². The number of nitrogens with zero attached hydrogens (tertiary/aromatic N) is 5. The highest BCUT2D eigenvalue weighted by molar-refractivity contribution is 5.97.